The molecule has 2 fully saturated rings. The van der Waals surface area contributed by atoms with Crippen LogP contribution in [0.2, 0.25) is 0 Å². The number of sulfonamides is 1. The maximum absolute atomic E-state index is 12.7. The lowest BCUT2D eigenvalue weighted by atomic mass is 9.66. The third-order valence-electron chi connectivity index (χ3n) is 5.20. The van der Waals surface area contributed by atoms with E-state index in [1.807, 2.05) is 0 Å². The predicted molar refractivity (Wildman–Crippen MR) is 98.5 cm³/mol. The van der Waals surface area contributed by atoms with Crippen molar-refractivity contribution < 1.29 is 13.2 Å². The molecule has 7 heteroatoms. The second-order valence-electron chi connectivity index (χ2n) is 6.88. The quantitative estimate of drug-likeness (QED) is 0.772. The summed E-state index contributed by atoms with van der Waals surface area (Å²) in [6.07, 6.45) is 11.5. The molecule has 0 spiro atoms. The molecular weight excluding hydrogens is 356 g/mol. The average Bonchev–Trinajstić information content (AvgIpc) is 3.06. The first-order valence-electron chi connectivity index (χ1n) is 8.79. The summed E-state index contributed by atoms with van der Waals surface area (Å²) in [5.74, 6) is 2.60. The van der Waals surface area contributed by atoms with E-state index in [9.17, 15) is 13.2 Å². The van der Waals surface area contributed by atoms with Crippen molar-refractivity contribution in [3.8, 4) is 12.3 Å². The van der Waals surface area contributed by atoms with Crippen LogP contribution >= 0.6 is 11.3 Å². The van der Waals surface area contributed by atoms with Crippen LogP contribution in [0.1, 0.15) is 49.8 Å². The minimum Gasteiger partial charge on any atom is -0.351 e. The van der Waals surface area contributed by atoms with E-state index >= 15 is 0 Å². The summed E-state index contributed by atoms with van der Waals surface area (Å²) in [4.78, 5) is 13.3. The van der Waals surface area contributed by atoms with Crippen LogP contribution in [0.3, 0.4) is 0 Å². The molecule has 0 radical (unpaired) electrons. The van der Waals surface area contributed by atoms with E-state index in [4.69, 9.17) is 6.42 Å². The molecule has 5 nitrogen and oxygen atoms in total. The molecule has 136 valence electrons. The Morgan fingerprint density at radius 3 is 2.56 bits per heavy atom. The molecule has 2 aliphatic rings. The number of hydrogen-bond donors (Lipinski definition) is 1. The highest BCUT2D eigenvalue weighted by Crippen LogP contribution is 2.44. The molecule has 1 aliphatic carbocycles. The number of hydrogen-bond acceptors (Lipinski definition) is 4. The highest BCUT2D eigenvalue weighted by atomic mass is 32.2. The molecule has 0 atom stereocenters. The van der Waals surface area contributed by atoms with Gasteiger partial charge in [0.25, 0.3) is 10.0 Å². The standard InChI is InChI=1S/C18H24N2O3S2/c1-2-9-18(10-6-11-18)17(21)19-14-15-7-8-16(24-15)25(22,23)20-12-4-3-5-13-20/h1,7-8H,3-6,9-14H2,(H,19,21). The van der Waals surface area contributed by atoms with E-state index < -0.39 is 15.4 Å². The van der Waals surface area contributed by atoms with Gasteiger partial charge in [0.05, 0.1) is 12.0 Å². The molecule has 1 aromatic rings. The van der Waals surface area contributed by atoms with Crippen LogP contribution in [0.15, 0.2) is 16.3 Å². The van der Waals surface area contributed by atoms with Gasteiger partial charge in [0.15, 0.2) is 0 Å². The number of piperidine rings is 1. The highest BCUT2D eigenvalue weighted by molar-refractivity contribution is 7.91. The third kappa shape index (κ3) is 3.76. The summed E-state index contributed by atoms with van der Waals surface area (Å²) in [6, 6.07) is 3.44. The smallest absolute Gasteiger partial charge is 0.252 e. The first kappa shape index (κ1) is 18.4. The molecule has 1 saturated carbocycles. The summed E-state index contributed by atoms with van der Waals surface area (Å²) in [7, 11) is -3.40. The molecule has 0 aromatic carbocycles. The van der Waals surface area contributed by atoms with Gasteiger partial charge in [-0.05, 0) is 37.8 Å². The molecule has 2 heterocycles. The Hall–Kier alpha value is -1.36. The summed E-state index contributed by atoms with van der Waals surface area (Å²) >= 11 is 1.24. The van der Waals surface area contributed by atoms with Crippen LogP contribution < -0.4 is 5.32 Å². The van der Waals surface area contributed by atoms with Crippen LogP contribution in [0, 0.1) is 17.8 Å². The van der Waals surface area contributed by atoms with E-state index in [0.717, 1.165) is 43.4 Å². The van der Waals surface area contributed by atoms with E-state index in [1.54, 1.807) is 16.4 Å². The van der Waals surface area contributed by atoms with Crippen molar-refractivity contribution in [1.29, 1.82) is 0 Å². The van der Waals surface area contributed by atoms with Crippen LogP contribution in [0.5, 0.6) is 0 Å². The normalized spacial score (nSPS) is 20.4. The second-order valence-corrected chi connectivity index (χ2v) is 10.2. The van der Waals surface area contributed by atoms with Crippen molar-refractivity contribution in [2.75, 3.05) is 13.1 Å². The van der Waals surface area contributed by atoms with Crippen molar-refractivity contribution in [1.82, 2.24) is 9.62 Å². The van der Waals surface area contributed by atoms with Gasteiger partial charge >= 0.3 is 0 Å². The van der Waals surface area contributed by atoms with Gasteiger partial charge in [0, 0.05) is 24.4 Å². The Balaban J connectivity index is 1.62. The number of nitrogens with one attached hydrogen (secondary N) is 1. The van der Waals surface area contributed by atoms with Crippen molar-refractivity contribution >= 4 is 27.3 Å². The zero-order chi connectivity index (χ0) is 17.9. The van der Waals surface area contributed by atoms with Gasteiger partial charge in [-0.15, -0.1) is 23.7 Å². The molecule has 3 rings (SSSR count). The topological polar surface area (TPSA) is 66.5 Å². The second kappa shape index (κ2) is 7.48. The lowest BCUT2D eigenvalue weighted by Gasteiger charge is -2.38. The SMILES string of the molecule is C#CCC1(C(=O)NCc2ccc(S(=O)(=O)N3CCCCC3)s2)CCC1. The van der Waals surface area contributed by atoms with E-state index in [1.165, 1.54) is 11.3 Å². The molecule has 1 N–H and O–H groups in total. The largest absolute Gasteiger partial charge is 0.351 e. The molecule has 0 unspecified atom stereocenters. The number of terminal acetylenes is 1. The van der Waals surface area contributed by atoms with E-state index in [2.05, 4.69) is 11.2 Å². The molecule has 1 saturated heterocycles. The molecular formula is C18H24N2O3S2. The number of carbonyl (C=O) groups is 1. The Morgan fingerprint density at radius 1 is 1.24 bits per heavy atom. The Bertz CT molecular complexity index is 766. The van der Waals surface area contributed by atoms with E-state index in [-0.39, 0.29) is 5.91 Å². The van der Waals surface area contributed by atoms with Crippen LogP contribution in [-0.4, -0.2) is 31.7 Å². The van der Waals surface area contributed by atoms with Crippen LogP contribution in [-0.2, 0) is 21.4 Å². The number of rotatable bonds is 6. The minimum absolute atomic E-state index is 0.00876. The summed E-state index contributed by atoms with van der Waals surface area (Å²) in [5, 5.41) is 2.94. The Labute approximate surface area is 153 Å². The predicted octanol–water partition coefficient (Wildman–Crippen LogP) is 2.73. The first-order chi connectivity index (χ1) is 12.0. The monoisotopic (exact) mass is 380 g/mol. The van der Waals surface area contributed by atoms with Crippen molar-refractivity contribution in [3.63, 3.8) is 0 Å². The summed E-state index contributed by atoms with van der Waals surface area (Å²) in [6.45, 7) is 1.55. The maximum atomic E-state index is 12.7. The Kier molecular flexibility index (Phi) is 5.52. The summed E-state index contributed by atoms with van der Waals surface area (Å²) in [5.41, 5.74) is -0.408. The van der Waals surface area contributed by atoms with Crippen molar-refractivity contribution in [2.45, 2.75) is 55.7 Å². The van der Waals surface area contributed by atoms with Gasteiger partial charge in [-0.25, -0.2) is 8.42 Å². The van der Waals surface area contributed by atoms with Gasteiger partial charge in [-0.1, -0.05) is 12.8 Å². The van der Waals surface area contributed by atoms with Crippen molar-refractivity contribution in [3.05, 3.63) is 17.0 Å². The fourth-order valence-corrected chi connectivity index (χ4v) is 6.43. The lowest BCUT2D eigenvalue weighted by Crippen LogP contribution is -2.45. The highest BCUT2D eigenvalue weighted by Gasteiger charge is 2.43. The first-order valence-corrected chi connectivity index (χ1v) is 11.0. The van der Waals surface area contributed by atoms with Gasteiger partial charge in [-0.3, -0.25) is 4.79 Å². The van der Waals surface area contributed by atoms with Gasteiger partial charge in [-0.2, -0.15) is 4.31 Å². The molecule has 0 bridgehead atoms. The van der Waals surface area contributed by atoms with Crippen LogP contribution in [0.4, 0.5) is 0 Å². The average molecular weight is 381 g/mol. The van der Waals surface area contributed by atoms with Gasteiger partial charge in [0.2, 0.25) is 5.91 Å². The maximum Gasteiger partial charge on any atom is 0.252 e. The molecule has 1 amide bonds. The third-order valence-corrected chi connectivity index (χ3v) is 8.65. The lowest BCUT2D eigenvalue weighted by molar-refractivity contribution is -0.135. The molecule has 1 aromatic heterocycles. The number of carbonyl (C=O) groups excluding carboxylic acids is 1. The summed E-state index contributed by atoms with van der Waals surface area (Å²) < 4.78 is 27.3. The number of nitrogens with zero attached hydrogens (tertiary/aromatic N) is 1. The fraction of sp³-hybridized carbons (Fsp3) is 0.611. The van der Waals surface area contributed by atoms with Gasteiger partial charge in [0.1, 0.15) is 4.21 Å². The number of amides is 1. The fourth-order valence-electron chi connectivity index (χ4n) is 3.46. The zero-order valence-electron chi connectivity index (χ0n) is 14.3. The van der Waals surface area contributed by atoms with Crippen LogP contribution in [0.25, 0.3) is 0 Å². The van der Waals surface area contributed by atoms with E-state index in [0.29, 0.717) is 30.3 Å². The number of thiophene rings is 1. The molecule has 1 aliphatic heterocycles. The minimum atomic E-state index is -3.40. The van der Waals surface area contributed by atoms with Gasteiger partial charge < -0.3 is 5.32 Å². The zero-order valence-corrected chi connectivity index (χ0v) is 15.9. The molecule has 25 heavy (non-hydrogen) atoms. The Morgan fingerprint density at radius 2 is 1.96 bits per heavy atom. The van der Waals surface area contributed by atoms with Crippen molar-refractivity contribution in [2.24, 2.45) is 5.41 Å².